The van der Waals surface area contributed by atoms with Crippen molar-refractivity contribution in [3.63, 3.8) is 0 Å². The van der Waals surface area contributed by atoms with Crippen molar-refractivity contribution in [1.29, 1.82) is 0 Å². The molecule has 0 radical (unpaired) electrons. The van der Waals surface area contributed by atoms with Crippen molar-refractivity contribution >= 4 is 21.6 Å². The molecule has 0 saturated heterocycles. The van der Waals surface area contributed by atoms with E-state index in [9.17, 15) is 8.42 Å². The van der Waals surface area contributed by atoms with Crippen molar-refractivity contribution in [1.82, 2.24) is 4.72 Å². The van der Waals surface area contributed by atoms with Gasteiger partial charge in [-0.1, -0.05) is 37.6 Å². The first-order valence-corrected chi connectivity index (χ1v) is 7.93. The molecule has 0 amide bonds. The lowest BCUT2D eigenvalue weighted by Gasteiger charge is -2.18. The van der Waals surface area contributed by atoms with Gasteiger partial charge in [0.2, 0.25) is 10.0 Å². The molecule has 1 unspecified atom stereocenters. The van der Waals surface area contributed by atoms with Crippen LogP contribution in [0.5, 0.6) is 0 Å². The van der Waals surface area contributed by atoms with E-state index < -0.39 is 10.0 Å². The quantitative estimate of drug-likeness (QED) is 0.928. The molecular weight excluding hydrogens is 270 g/mol. The van der Waals surface area contributed by atoms with Crippen LogP contribution in [0.3, 0.4) is 0 Å². The van der Waals surface area contributed by atoms with Crippen LogP contribution in [0.15, 0.2) is 29.2 Å². The molecule has 1 aromatic carbocycles. The van der Waals surface area contributed by atoms with Crippen LogP contribution in [0.1, 0.15) is 33.1 Å². The Morgan fingerprint density at radius 3 is 2.56 bits per heavy atom. The Morgan fingerprint density at radius 2 is 2.00 bits per heavy atom. The van der Waals surface area contributed by atoms with Crippen LogP contribution in [0.25, 0.3) is 0 Å². The minimum atomic E-state index is -3.51. The second-order valence-electron chi connectivity index (χ2n) is 5.66. The van der Waals surface area contributed by atoms with Gasteiger partial charge < -0.3 is 0 Å². The highest BCUT2D eigenvalue weighted by atomic mass is 35.5. The van der Waals surface area contributed by atoms with E-state index in [1.54, 1.807) is 18.2 Å². The van der Waals surface area contributed by atoms with Crippen LogP contribution in [-0.4, -0.2) is 14.5 Å². The summed E-state index contributed by atoms with van der Waals surface area (Å²) in [6, 6.07) is 6.54. The molecule has 1 aliphatic carbocycles. The predicted molar refractivity (Wildman–Crippen MR) is 73.2 cm³/mol. The van der Waals surface area contributed by atoms with Crippen molar-refractivity contribution in [3.05, 3.63) is 29.3 Å². The average Bonchev–Trinajstić information content (AvgIpc) is 2.57. The lowest BCUT2D eigenvalue weighted by molar-refractivity contribution is 0.372. The van der Waals surface area contributed by atoms with Gasteiger partial charge in [-0.15, -0.1) is 0 Å². The van der Waals surface area contributed by atoms with Crippen molar-refractivity contribution in [2.24, 2.45) is 5.41 Å². The van der Waals surface area contributed by atoms with E-state index in [4.69, 9.17) is 11.6 Å². The van der Waals surface area contributed by atoms with Gasteiger partial charge in [0.1, 0.15) is 4.90 Å². The highest BCUT2D eigenvalue weighted by Crippen LogP contribution is 2.37. The van der Waals surface area contributed by atoms with Crippen molar-refractivity contribution in [3.8, 4) is 0 Å². The van der Waals surface area contributed by atoms with E-state index in [1.807, 2.05) is 0 Å². The van der Waals surface area contributed by atoms with Crippen LogP contribution in [0, 0.1) is 5.41 Å². The molecule has 0 spiro atoms. The van der Waals surface area contributed by atoms with Crippen LogP contribution in [0.4, 0.5) is 0 Å². The van der Waals surface area contributed by atoms with E-state index in [-0.39, 0.29) is 21.4 Å². The molecule has 1 N–H and O–H groups in total. The molecule has 1 saturated carbocycles. The van der Waals surface area contributed by atoms with Gasteiger partial charge in [0, 0.05) is 6.04 Å². The summed E-state index contributed by atoms with van der Waals surface area (Å²) < 4.78 is 27.2. The summed E-state index contributed by atoms with van der Waals surface area (Å²) >= 11 is 5.93. The molecule has 2 rings (SSSR count). The predicted octanol–water partition coefficient (Wildman–Crippen LogP) is 3.20. The summed E-state index contributed by atoms with van der Waals surface area (Å²) in [5.41, 5.74) is 0.216. The van der Waals surface area contributed by atoms with E-state index in [0.29, 0.717) is 0 Å². The van der Waals surface area contributed by atoms with Gasteiger partial charge in [0.25, 0.3) is 0 Å². The zero-order chi connectivity index (χ0) is 13.4. The second kappa shape index (κ2) is 4.83. The molecule has 1 aromatic rings. The Balaban J connectivity index is 2.17. The first-order chi connectivity index (χ1) is 8.30. The highest BCUT2D eigenvalue weighted by Gasteiger charge is 2.33. The van der Waals surface area contributed by atoms with Crippen LogP contribution < -0.4 is 4.72 Å². The molecule has 5 heteroatoms. The lowest BCUT2D eigenvalue weighted by atomic mass is 9.92. The molecule has 0 heterocycles. The van der Waals surface area contributed by atoms with Crippen molar-refractivity contribution in [2.45, 2.75) is 44.0 Å². The summed E-state index contributed by atoms with van der Waals surface area (Å²) in [6.45, 7) is 4.33. The number of rotatable bonds is 3. The molecule has 1 fully saturated rings. The maximum Gasteiger partial charge on any atom is 0.242 e. The maximum absolute atomic E-state index is 12.2. The largest absolute Gasteiger partial charge is 0.242 e. The van der Waals surface area contributed by atoms with Gasteiger partial charge in [0.15, 0.2) is 0 Å². The van der Waals surface area contributed by atoms with E-state index in [2.05, 4.69) is 18.6 Å². The summed E-state index contributed by atoms with van der Waals surface area (Å²) in [7, 11) is -3.51. The maximum atomic E-state index is 12.2. The van der Waals surface area contributed by atoms with Gasteiger partial charge in [-0.3, -0.25) is 0 Å². The third-order valence-corrected chi connectivity index (χ3v) is 5.44. The van der Waals surface area contributed by atoms with Crippen LogP contribution in [-0.2, 0) is 10.0 Å². The second-order valence-corrected chi connectivity index (χ2v) is 7.75. The molecule has 0 aliphatic heterocycles. The molecule has 3 nitrogen and oxygen atoms in total. The number of benzene rings is 1. The zero-order valence-electron chi connectivity index (χ0n) is 10.6. The fourth-order valence-corrected chi connectivity index (χ4v) is 4.27. The molecule has 18 heavy (non-hydrogen) atoms. The molecule has 100 valence electrons. The summed E-state index contributed by atoms with van der Waals surface area (Å²) in [5.74, 6) is 0. The smallest absolute Gasteiger partial charge is 0.208 e. The monoisotopic (exact) mass is 287 g/mol. The first-order valence-electron chi connectivity index (χ1n) is 6.07. The van der Waals surface area contributed by atoms with Gasteiger partial charge in [-0.2, -0.15) is 0 Å². The summed E-state index contributed by atoms with van der Waals surface area (Å²) in [6.07, 6.45) is 2.80. The van der Waals surface area contributed by atoms with Gasteiger partial charge in [0.05, 0.1) is 5.02 Å². The third kappa shape index (κ3) is 3.05. The minimum Gasteiger partial charge on any atom is -0.208 e. The molecule has 0 bridgehead atoms. The SMILES string of the molecule is CC1(C)CCC(NS(=O)(=O)c2ccccc2Cl)C1. The lowest BCUT2D eigenvalue weighted by Crippen LogP contribution is -2.33. The molecule has 1 atom stereocenters. The fraction of sp³-hybridized carbons (Fsp3) is 0.538. The van der Waals surface area contributed by atoms with Gasteiger partial charge in [-0.25, -0.2) is 13.1 Å². The fourth-order valence-electron chi connectivity index (χ4n) is 2.48. The number of hydrogen-bond donors (Lipinski definition) is 1. The Kier molecular flexibility index (Phi) is 3.72. The average molecular weight is 288 g/mol. The molecular formula is C13H18ClNO2S. The normalized spacial score (nSPS) is 23.2. The van der Waals surface area contributed by atoms with E-state index in [0.717, 1.165) is 19.3 Å². The molecule has 1 aliphatic rings. The van der Waals surface area contributed by atoms with Gasteiger partial charge in [-0.05, 0) is 36.8 Å². The number of nitrogens with one attached hydrogen (secondary N) is 1. The van der Waals surface area contributed by atoms with E-state index >= 15 is 0 Å². The van der Waals surface area contributed by atoms with Crippen LogP contribution in [0.2, 0.25) is 5.02 Å². The van der Waals surface area contributed by atoms with Crippen molar-refractivity contribution < 1.29 is 8.42 Å². The van der Waals surface area contributed by atoms with Crippen molar-refractivity contribution in [2.75, 3.05) is 0 Å². The Hall–Kier alpha value is -0.580. The third-order valence-electron chi connectivity index (χ3n) is 3.42. The number of sulfonamides is 1. The van der Waals surface area contributed by atoms with Gasteiger partial charge >= 0.3 is 0 Å². The topological polar surface area (TPSA) is 46.2 Å². The highest BCUT2D eigenvalue weighted by molar-refractivity contribution is 7.89. The first kappa shape index (κ1) is 13.8. The Labute approximate surface area is 114 Å². The minimum absolute atomic E-state index is 0.0151. The standard InChI is InChI=1S/C13H18ClNO2S/c1-13(2)8-7-10(9-13)15-18(16,17)12-6-4-3-5-11(12)14/h3-6,10,15H,7-9H2,1-2H3. The zero-order valence-corrected chi connectivity index (χ0v) is 12.2. The van der Waals surface area contributed by atoms with E-state index in [1.165, 1.54) is 6.07 Å². The Morgan fingerprint density at radius 1 is 1.33 bits per heavy atom. The summed E-state index contributed by atoms with van der Waals surface area (Å²) in [5, 5.41) is 0.266. The molecule has 0 aromatic heterocycles. The summed E-state index contributed by atoms with van der Waals surface area (Å²) in [4.78, 5) is 0.163. The number of hydrogen-bond acceptors (Lipinski definition) is 2. The number of halogens is 1. The Bertz CT molecular complexity index is 540. The van der Waals surface area contributed by atoms with Crippen LogP contribution >= 0.6 is 11.6 Å².